The van der Waals surface area contributed by atoms with Gasteiger partial charge in [-0.05, 0) is 48.5 Å². The Morgan fingerprint density at radius 3 is 1.07 bits per heavy atom. The van der Waals surface area contributed by atoms with Gasteiger partial charge in [0, 0.05) is 16.7 Å². The molecule has 0 bridgehead atoms. The smallest absolute Gasteiger partial charge is 0.338 e. The Hall–Kier alpha value is -7.24. The number of benzene rings is 4. The van der Waals surface area contributed by atoms with Crippen molar-refractivity contribution in [3.63, 3.8) is 0 Å². The van der Waals surface area contributed by atoms with Crippen molar-refractivity contribution in [3.05, 3.63) is 70.8 Å². The minimum atomic E-state index is -2.17. The molecule has 1 aliphatic heterocycles. The molecule has 1 aliphatic rings. The molecule has 4 aromatic carbocycles. The lowest BCUT2D eigenvalue weighted by Gasteiger charge is -2.44. The summed E-state index contributed by atoms with van der Waals surface area (Å²) >= 11 is 0. The third-order valence-electron chi connectivity index (χ3n) is 8.69. The van der Waals surface area contributed by atoms with Gasteiger partial charge in [0.1, 0.15) is 50.8 Å². The number of ether oxygens (including phenoxy) is 5. The van der Waals surface area contributed by atoms with Crippen molar-refractivity contribution >= 4 is 23.3 Å². The molecule has 22 heteroatoms. The Balaban J connectivity index is 1.49. The first-order valence-electron chi connectivity index (χ1n) is 16.7. The van der Waals surface area contributed by atoms with Gasteiger partial charge in [-0.1, -0.05) is 0 Å². The van der Waals surface area contributed by atoms with Crippen LogP contribution in [0.5, 0.6) is 69.0 Å². The summed E-state index contributed by atoms with van der Waals surface area (Å²) < 4.78 is 28.1. The van der Waals surface area contributed by atoms with Crippen LogP contribution in [-0.2, 0) is 23.7 Å². The van der Waals surface area contributed by atoms with Gasteiger partial charge in [0.25, 0.3) is 0 Å². The van der Waals surface area contributed by atoms with Gasteiger partial charge in [-0.2, -0.15) is 0 Å². The molecular formula is C37H34O22. The number of ketones is 3. The van der Waals surface area contributed by atoms with Crippen LogP contribution < -0.4 is 0 Å². The molecule has 22 nitrogen and oxygen atoms in total. The second kappa shape index (κ2) is 17.5. The molecule has 0 radical (unpaired) electrons. The van der Waals surface area contributed by atoms with E-state index >= 15 is 0 Å². The fourth-order valence-corrected chi connectivity index (χ4v) is 5.62. The first kappa shape index (κ1) is 42.9. The standard InChI is InChI=1S/C37H34O22/c38-17-1-13(2-18(39)29(17)49)25(46)9-55-33-28(12-58-36(53)16-7-23(44)32(52)24(45)8-16)59-37(54)35(57-11-27(48)15-5-21(42)31(51)22(43)6-15)34(33)56-10-26(47)14-3-19(40)30(50)20(41)4-14/h1-8,28,33-35,37-45,49-52,54H,9-12H2. The van der Waals surface area contributed by atoms with Gasteiger partial charge in [-0.15, -0.1) is 0 Å². The number of Topliss-reactive ketones (excluding diaryl/α,β-unsaturated/α-hetero) is 3. The van der Waals surface area contributed by atoms with E-state index in [0.717, 1.165) is 48.5 Å². The molecule has 5 unspecified atom stereocenters. The first-order valence-corrected chi connectivity index (χ1v) is 16.7. The number of carbonyl (C=O) groups is 4. The van der Waals surface area contributed by atoms with E-state index in [1.807, 2.05) is 0 Å². The SMILES string of the molecule is O=C(COC1C(O)OC(COC(=O)c2cc(O)c(O)c(O)c2)C(OCC(=O)c2cc(O)c(O)c(O)c2)C1OCC(=O)c1cc(O)c(O)c(O)c1)c1cc(O)c(O)c(O)c1. The number of aliphatic hydroxyl groups is 1. The minimum absolute atomic E-state index is 0.404. The molecule has 0 spiro atoms. The molecule has 59 heavy (non-hydrogen) atoms. The third-order valence-corrected chi connectivity index (χ3v) is 8.69. The van der Waals surface area contributed by atoms with Crippen molar-refractivity contribution in [3.8, 4) is 69.0 Å². The molecule has 1 saturated heterocycles. The number of esters is 1. The van der Waals surface area contributed by atoms with Crippen molar-refractivity contribution in [2.24, 2.45) is 0 Å². The molecule has 1 heterocycles. The van der Waals surface area contributed by atoms with Crippen molar-refractivity contribution < 1.29 is 109 Å². The molecule has 5 rings (SSSR count). The van der Waals surface area contributed by atoms with Gasteiger partial charge >= 0.3 is 5.97 Å². The normalized spacial score (nSPS) is 18.9. The summed E-state index contributed by atoms with van der Waals surface area (Å²) in [5.74, 6) is -15.2. The van der Waals surface area contributed by atoms with E-state index in [4.69, 9.17) is 23.7 Å². The van der Waals surface area contributed by atoms with Crippen LogP contribution in [0.1, 0.15) is 41.4 Å². The Morgan fingerprint density at radius 1 is 0.441 bits per heavy atom. The topological polar surface area (TPSA) is 377 Å². The molecule has 13 N–H and O–H groups in total. The summed E-state index contributed by atoms with van der Waals surface area (Å²) in [4.78, 5) is 52.5. The van der Waals surface area contributed by atoms with Crippen LogP contribution in [0.4, 0.5) is 0 Å². The van der Waals surface area contributed by atoms with Crippen LogP contribution in [0.2, 0.25) is 0 Å². The van der Waals surface area contributed by atoms with Gasteiger partial charge < -0.3 is 90.1 Å². The van der Waals surface area contributed by atoms with Crippen LogP contribution in [0, 0.1) is 0 Å². The summed E-state index contributed by atoms with van der Waals surface area (Å²) in [6.45, 7) is -3.96. The monoisotopic (exact) mass is 830 g/mol. The van der Waals surface area contributed by atoms with Gasteiger partial charge in [0.15, 0.2) is 92.6 Å². The van der Waals surface area contributed by atoms with E-state index in [-0.39, 0.29) is 0 Å². The number of carbonyl (C=O) groups excluding carboxylic acids is 4. The van der Waals surface area contributed by atoms with Gasteiger partial charge in [0.05, 0.1) is 5.56 Å². The lowest BCUT2D eigenvalue weighted by molar-refractivity contribution is -0.305. The number of aromatic hydroxyl groups is 12. The maximum atomic E-state index is 13.2. The highest BCUT2D eigenvalue weighted by atomic mass is 16.7. The van der Waals surface area contributed by atoms with E-state index in [2.05, 4.69) is 0 Å². The molecular weight excluding hydrogens is 796 g/mol. The zero-order valence-corrected chi connectivity index (χ0v) is 29.8. The average Bonchev–Trinajstić information content (AvgIpc) is 3.19. The molecule has 0 amide bonds. The Kier molecular flexibility index (Phi) is 12.7. The fourth-order valence-electron chi connectivity index (χ4n) is 5.62. The number of hydrogen-bond acceptors (Lipinski definition) is 22. The maximum absolute atomic E-state index is 13.2. The number of hydrogen-bond donors (Lipinski definition) is 13. The van der Waals surface area contributed by atoms with E-state index in [1.54, 1.807) is 0 Å². The minimum Gasteiger partial charge on any atom is -0.504 e. The molecule has 1 fully saturated rings. The summed E-state index contributed by atoms with van der Waals surface area (Å²) in [6.07, 6.45) is -9.37. The largest absolute Gasteiger partial charge is 0.504 e. The lowest BCUT2D eigenvalue weighted by atomic mass is 9.97. The van der Waals surface area contributed by atoms with Crippen molar-refractivity contribution in [1.29, 1.82) is 0 Å². The van der Waals surface area contributed by atoms with Crippen molar-refractivity contribution in [2.45, 2.75) is 30.7 Å². The lowest BCUT2D eigenvalue weighted by Crippen LogP contribution is -2.62. The predicted molar refractivity (Wildman–Crippen MR) is 189 cm³/mol. The highest BCUT2D eigenvalue weighted by molar-refractivity contribution is 5.99. The zero-order valence-electron chi connectivity index (χ0n) is 29.8. The van der Waals surface area contributed by atoms with Crippen LogP contribution in [0.25, 0.3) is 0 Å². The third kappa shape index (κ3) is 9.49. The number of aliphatic hydroxyl groups excluding tert-OH is 1. The Labute approximate surface area is 329 Å². The van der Waals surface area contributed by atoms with E-state index < -0.39 is 172 Å². The summed E-state index contributed by atoms with van der Waals surface area (Å²) in [7, 11) is 0. The predicted octanol–water partition coefficient (Wildman–Crippen LogP) is 0.832. The summed E-state index contributed by atoms with van der Waals surface area (Å²) in [5, 5.41) is 129. The van der Waals surface area contributed by atoms with E-state index in [9.17, 15) is 85.6 Å². The quantitative estimate of drug-likeness (QED) is 0.0448. The average molecular weight is 831 g/mol. The van der Waals surface area contributed by atoms with E-state index in [1.165, 1.54) is 0 Å². The van der Waals surface area contributed by atoms with Crippen molar-refractivity contribution in [1.82, 2.24) is 0 Å². The van der Waals surface area contributed by atoms with Crippen LogP contribution in [0.15, 0.2) is 48.5 Å². The van der Waals surface area contributed by atoms with E-state index in [0.29, 0.717) is 0 Å². The van der Waals surface area contributed by atoms with Crippen LogP contribution in [-0.4, -0.2) is 147 Å². The number of phenolic OH excluding ortho intramolecular Hbond substituents is 12. The molecule has 0 aromatic heterocycles. The van der Waals surface area contributed by atoms with Gasteiger partial charge in [-0.25, -0.2) is 4.79 Å². The van der Waals surface area contributed by atoms with Gasteiger partial charge in [0.2, 0.25) is 0 Å². The molecule has 0 aliphatic carbocycles. The fraction of sp³-hybridized carbons (Fsp3) is 0.243. The highest BCUT2D eigenvalue weighted by Crippen LogP contribution is 2.39. The molecule has 4 aromatic rings. The summed E-state index contributed by atoms with van der Waals surface area (Å²) in [5.41, 5.74) is -1.74. The van der Waals surface area contributed by atoms with Crippen molar-refractivity contribution in [2.75, 3.05) is 26.4 Å². The molecule has 5 atom stereocenters. The highest BCUT2D eigenvalue weighted by Gasteiger charge is 2.49. The molecule has 0 saturated carbocycles. The Bertz CT molecular complexity index is 2190. The Morgan fingerprint density at radius 2 is 0.729 bits per heavy atom. The van der Waals surface area contributed by atoms with Crippen LogP contribution in [0.3, 0.4) is 0 Å². The number of phenols is 12. The maximum Gasteiger partial charge on any atom is 0.338 e. The second-order valence-corrected chi connectivity index (χ2v) is 12.7. The number of rotatable bonds is 15. The molecule has 314 valence electrons. The summed E-state index contributed by atoms with van der Waals surface area (Å²) in [6, 6.07) is 6.10. The van der Waals surface area contributed by atoms with Crippen LogP contribution >= 0.6 is 0 Å². The second-order valence-electron chi connectivity index (χ2n) is 12.7. The van der Waals surface area contributed by atoms with Gasteiger partial charge in [-0.3, -0.25) is 14.4 Å². The zero-order chi connectivity index (χ0) is 43.5. The first-order chi connectivity index (χ1) is 27.8.